The van der Waals surface area contributed by atoms with Gasteiger partial charge in [0.05, 0.1) is 13.4 Å². The van der Waals surface area contributed by atoms with E-state index < -0.39 is 5.54 Å². The van der Waals surface area contributed by atoms with Crippen molar-refractivity contribution in [3.63, 3.8) is 0 Å². The second-order valence-electron chi connectivity index (χ2n) is 9.49. The number of carbonyl (C=O) groups excluding carboxylic acids is 2. The first kappa shape index (κ1) is 21.9. The summed E-state index contributed by atoms with van der Waals surface area (Å²) in [4.78, 5) is 33.9. The molecule has 3 aromatic rings. The van der Waals surface area contributed by atoms with Gasteiger partial charge < -0.3 is 18.8 Å². The van der Waals surface area contributed by atoms with Crippen LogP contribution in [0.5, 0.6) is 0 Å². The Morgan fingerprint density at radius 1 is 1.06 bits per heavy atom. The van der Waals surface area contributed by atoms with Crippen LogP contribution in [0.1, 0.15) is 18.4 Å². The van der Waals surface area contributed by atoms with Crippen LogP contribution in [0.15, 0.2) is 64.2 Å². The van der Waals surface area contributed by atoms with Gasteiger partial charge in [-0.15, -0.1) is 0 Å². The average Bonchev–Trinajstić information content (AvgIpc) is 3.44. The highest BCUT2D eigenvalue weighted by Crippen LogP contribution is 2.36. The van der Waals surface area contributed by atoms with E-state index in [0.717, 1.165) is 27.7 Å². The maximum absolute atomic E-state index is 13.6. The normalized spacial score (nSPS) is 19.8. The molecular formula is C27H27N3O5. The van der Waals surface area contributed by atoms with Crippen molar-refractivity contribution in [1.29, 1.82) is 0 Å². The number of amidine groups is 1. The number of methoxy groups -OCH3 is 1. The topological polar surface area (TPSA) is 84.6 Å². The van der Waals surface area contributed by atoms with Crippen molar-refractivity contribution < 1.29 is 23.5 Å². The van der Waals surface area contributed by atoms with E-state index >= 15 is 0 Å². The van der Waals surface area contributed by atoms with E-state index in [2.05, 4.69) is 18.2 Å². The fourth-order valence-electron chi connectivity index (χ4n) is 5.26. The van der Waals surface area contributed by atoms with Crippen LogP contribution in [0, 0.1) is 5.92 Å². The molecule has 35 heavy (non-hydrogen) atoms. The van der Waals surface area contributed by atoms with Gasteiger partial charge in [-0.05, 0) is 29.3 Å². The van der Waals surface area contributed by atoms with Gasteiger partial charge in [0.1, 0.15) is 17.0 Å². The predicted octanol–water partition coefficient (Wildman–Crippen LogP) is 3.94. The summed E-state index contributed by atoms with van der Waals surface area (Å²) in [7, 11) is 1.39. The Labute approximate surface area is 203 Å². The minimum atomic E-state index is -0.746. The summed E-state index contributed by atoms with van der Waals surface area (Å²) in [6.45, 7) is 2.76. The molecule has 0 radical (unpaired) electrons. The molecule has 2 amide bonds. The van der Waals surface area contributed by atoms with Crippen LogP contribution in [0.25, 0.3) is 22.1 Å². The van der Waals surface area contributed by atoms with Crippen molar-refractivity contribution in [1.82, 2.24) is 9.80 Å². The molecule has 2 fully saturated rings. The van der Waals surface area contributed by atoms with Gasteiger partial charge in [-0.2, -0.15) is 0 Å². The quantitative estimate of drug-likeness (QED) is 0.573. The molecule has 0 unspecified atom stereocenters. The van der Waals surface area contributed by atoms with Gasteiger partial charge in [-0.3, -0.25) is 14.7 Å². The second kappa shape index (κ2) is 8.53. The first-order chi connectivity index (χ1) is 17.1. The van der Waals surface area contributed by atoms with Gasteiger partial charge in [-0.1, -0.05) is 30.3 Å². The molecule has 6 rings (SSSR count). The molecule has 1 aromatic heterocycles. The molecule has 8 nitrogen and oxygen atoms in total. The first-order valence-corrected chi connectivity index (χ1v) is 12.0. The van der Waals surface area contributed by atoms with Crippen LogP contribution < -0.4 is 0 Å². The number of amides is 2. The van der Waals surface area contributed by atoms with Crippen LogP contribution in [0.4, 0.5) is 4.79 Å². The van der Waals surface area contributed by atoms with Crippen molar-refractivity contribution in [2.24, 2.45) is 10.9 Å². The Morgan fingerprint density at radius 2 is 1.77 bits per heavy atom. The van der Waals surface area contributed by atoms with Gasteiger partial charge >= 0.3 is 6.09 Å². The number of likely N-dealkylation sites (tertiary alicyclic amines) is 1. The standard InChI is InChI=1S/C27H27N3O5/c1-33-26(32)29-15-18(16-29)17-30-24(28-27(25(30)31)9-12-34-13-10-27)20-4-2-19(3-5-20)21-6-7-23-22(14-21)8-11-35-23/h2-8,11,14,18H,9-10,12-13,15-17H2,1H3. The highest BCUT2D eigenvalue weighted by atomic mass is 16.5. The Kier molecular flexibility index (Phi) is 5.33. The maximum atomic E-state index is 13.6. The molecule has 2 aromatic carbocycles. The van der Waals surface area contributed by atoms with Crippen molar-refractivity contribution in [2.45, 2.75) is 18.4 Å². The molecule has 2 saturated heterocycles. The van der Waals surface area contributed by atoms with Crippen LogP contribution in [-0.2, 0) is 14.3 Å². The number of carbonyl (C=O) groups is 2. The van der Waals surface area contributed by atoms with Gasteiger partial charge in [0, 0.05) is 62.6 Å². The lowest BCUT2D eigenvalue weighted by Gasteiger charge is -2.40. The van der Waals surface area contributed by atoms with Crippen molar-refractivity contribution in [3.05, 3.63) is 60.4 Å². The number of rotatable bonds is 4. The third kappa shape index (κ3) is 3.78. The van der Waals surface area contributed by atoms with Gasteiger partial charge in [-0.25, -0.2) is 4.79 Å². The summed E-state index contributed by atoms with van der Waals surface area (Å²) >= 11 is 0. The number of aliphatic imine (C=N–C) groups is 1. The van der Waals surface area contributed by atoms with Crippen LogP contribution >= 0.6 is 0 Å². The van der Waals surface area contributed by atoms with E-state index in [4.69, 9.17) is 18.9 Å². The monoisotopic (exact) mass is 473 g/mol. The number of nitrogens with zero attached hydrogens (tertiary/aromatic N) is 3. The van der Waals surface area contributed by atoms with Crippen molar-refractivity contribution >= 4 is 28.8 Å². The summed E-state index contributed by atoms with van der Waals surface area (Å²) in [5, 5.41) is 1.06. The zero-order valence-electron chi connectivity index (χ0n) is 19.6. The molecule has 0 aliphatic carbocycles. The van der Waals surface area contributed by atoms with Crippen LogP contribution in [0.2, 0.25) is 0 Å². The Bertz CT molecular complexity index is 1300. The van der Waals surface area contributed by atoms with Gasteiger partial charge in [0.15, 0.2) is 0 Å². The summed E-state index contributed by atoms with van der Waals surface area (Å²) in [6.07, 6.45) is 2.55. The molecule has 0 saturated carbocycles. The van der Waals surface area contributed by atoms with E-state index in [-0.39, 0.29) is 17.9 Å². The number of furan rings is 1. The number of fused-ring (bicyclic) bond motifs is 1. The first-order valence-electron chi connectivity index (χ1n) is 12.0. The zero-order valence-corrected chi connectivity index (χ0v) is 19.6. The molecule has 0 N–H and O–H groups in total. The SMILES string of the molecule is COC(=O)N1CC(CN2C(=O)C3(CCOCC3)N=C2c2ccc(-c3ccc4occc4c3)cc2)C1. The Hall–Kier alpha value is -3.65. The van der Waals surface area contributed by atoms with E-state index in [1.165, 1.54) is 7.11 Å². The predicted molar refractivity (Wildman–Crippen MR) is 130 cm³/mol. The van der Waals surface area contributed by atoms with Crippen LogP contribution in [0.3, 0.4) is 0 Å². The van der Waals surface area contributed by atoms with Crippen molar-refractivity contribution in [2.75, 3.05) is 40.0 Å². The maximum Gasteiger partial charge on any atom is 0.409 e. The minimum absolute atomic E-state index is 0.0433. The fourth-order valence-corrected chi connectivity index (χ4v) is 5.26. The van der Waals surface area contributed by atoms with Crippen LogP contribution in [-0.4, -0.2) is 73.1 Å². The number of benzene rings is 2. The highest BCUT2D eigenvalue weighted by molar-refractivity contribution is 6.15. The third-order valence-corrected chi connectivity index (χ3v) is 7.30. The molecule has 0 atom stereocenters. The van der Waals surface area contributed by atoms with E-state index in [9.17, 15) is 9.59 Å². The lowest BCUT2D eigenvalue weighted by atomic mass is 9.90. The lowest BCUT2D eigenvalue weighted by molar-refractivity contribution is -0.135. The Morgan fingerprint density at radius 3 is 2.51 bits per heavy atom. The summed E-state index contributed by atoms with van der Waals surface area (Å²) in [6, 6.07) is 16.3. The zero-order chi connectivity index (χ0) is 24.0. The second-order valence-corrected chi connectivity index (χ2v) is 9.49. The number of hydrogen-bond donors (Lipinski definition) is 0. The largest absolute Gasteiger partial charge is 0.464 e. The summed E-state index contributed by atoms with van der Waals surface area (Å²) in [5.74, 6) is 0.950. The van der Waals surface area contributed by atoms with Gasteiger partial charge in [0.25, 0.3) is 5.91 Å². The molecule has 3 aliphatic heterocycles. The van der Waals surface area contributed by atoms with Crippen molar-refractivity contribution in [3.8, 4) is 11.1 Å². The number of ether oxygens (including phenoxy) is 2. The van der Waals surface area contributed by atoms with E-state index in [0.29, 0.717) is 51.5 Å². The molecule has 4 heterocycles. The minimum Gasteiger partial charge on any atom is -0.464 e. The number of hydrogen-bond acceptors (Lipinski definition) is 6. The Balaban J connectivity index is 1.27. The lowest BCUT2D eigenvalue weighted by Crippen LogP contribution is -2.56. The summed E-state index contributed by atoms with van der Waals surface area (Å²) < 4.78 is 15.8. The summed E-state index contributed by atoms with van der Waals surface area (Å²) in [5.41, 5.74) is 3.22. The molecule has 3 aliphatic rings. The average molecular weight is 474 g/mol. The van der Waals surface area contributed by atoms with E-state index in [1.54, 1.807) is 11.2 Å². The highest BCUT2D eigenvalue weighted by Gasteiger charge is 2.50. The molecule has 1 spiro atoms. The molecular weight excluding hydrogens is 446 g/mol. The van der Waals surface area contributed by atoms with E-state index in [1.807, 2.05) is 35.2 Å². The van der Waals surface area contributed by atoms with Gasteiger partial charge in [0.2, 0.25) is 0 Å². The molecule has 0 bridgehead atoms. The fraction of sp³-hybridized carbons (Fsp3) is 0.370. The smallest absolute Gasteiger partial charge is 0.409 e. The molecule has 8 heteroatoms. The third-order valence-electron chi connectivity index (χ3n) is 7.30. The molecule has 180 valence electrons.